The molecule has 3 aromatic rings. The van der Waals surface area contributed by atoms with Gasteiger partial charge in [-0.1, -0.05) is 24.3 Å². The summed E-state index contributed by atoms with van der Waals surface area (Å²) in [6.07, 6.45) is 0.924. The van der Waals surface area contributed by atoms with Gasteiger partial charge in [-0.25, -0.2) is 12.8 Å². The van der Waals surface area contributed by atoms with Gasteiger partial charge in [0, 0.05) is 18.0 Å². The molecule has 0 radical (unpaired) electrons. The van der Waals surface area contributed by atoms with Crippen LogP contribution >= 0.6 is 0 Å². The molecule has 5 nitrogen and oxygen atoms in total. The number of hydrogen-bond donors (Lipinski definition) is 1. The van der Waals surface area contributed by atoms with Gasteiger partial charge in [-0.3, -0.25) is 0 Å². The van der Waals surface area contributed by atoms with E-state index in [4.69, 9.17) is 0 Å². The number of nitrogens with zero attached hydrogens (tertiary/aromatic N) is 2. The number of para-hydroxylation sites is 1. The van der Waals surface area contributed by atoms with Crippen molar-refractivity contribution in [3.63, 3.8) is 0 Å². The lowest BCUT2D eigenvalue weighted by molar-refractivity contribution is 0.478. The predicted octanol–water partition coefficient (Wildman–Crippen LogP) is 2.82. The molecule has 2 aromatic carbocycles. The van der Waals surface area contributed by atoms with Gasteiger partial charge >= 0.3 is 0 Å². The number of sulfonamides is 1. The molecule has 0 saturated carbocycles. The highest BCUT2D eigenvalue weighted by molar-refractivity contribution is 7.89. The number of fused-ring (bicyclic) bond motifs is 1. The minimum Gasteiger partial charge on any atom is -0.505 e. The van der Waals surface area contributed by atoms with Gasteiger partial charge in [0.05, 0.1) is 11.8 Å². The molecular formula is C17H15FN2O3S. The molecule has 0 aliphatic carbocycles. The van der Waals surface area contributed by atoms with E-state index in [1.807, 2.05) is 0 Å². The van der Waals surface area contributed by atoms with Crippen molar-refractivity contribution in [1.82, 2.24) is 4.57 Å². The third-order valence-corrected chi connectivity index (χ3v) is 4.20. The van der Waals surface area contributed by atoms with Gasteiger partial charge in [0.15, 0.2) is 5.75 Å². The van der Waals surface area contributed by atoms with Gasteiger partial charge < -0.3 is 9.67 Å². The highest BCUT2D eigenvalue weighted by Crippen LogP contribution is 2.33. The van der Waals surface area contributed by atoms with Crippen LogP contribution in [0.15, 0.2) is 52.9 Å². The van der Waals surface area contributed by atoms with E-state index in [-0.39, 0.29) is 22.7 Å². The fourth-order valence-electron chi connectivity index (χ4n) is 2.68. The van der Waals surface area contributed by atoms with Crippen LogP contribution in [0.1, 0.15) is 11.3 Å². The summed E-state index contributed by atoms with van der Waals surface area (Å²) in [6.45, 7) is 0. The van der Waals surface area contributed by atoms with Crippen LogP contribution in [-0.2, 0) is 17.1 Å². The van der Waals surface area contributed by atoms with Crippen molar-refractivity contribution in [1.29, 1.82) is 0 Å². The van der Waals surface area contributed by atoms with E-state index in [1.54, 1.807) is 41.9 Å². The summed E-state index contributed by atoms with van der Waals surface area (Å²) in [6, 6.07) is 12.7. The van der Waals surface area contributed by atoms with Crippen LogP contribution in [0.25, 0.3) is 10.9 Å². The lowest BCUT2D eigenvalue weighted by Gasteiger charge is -2.10. The van der Waals surface area contributed by atoms with Gasteiger partial charge in [0.25, 0.3) is 10.0 Å². The zero-order valence-corrected chi connectivity index (χ0v) is 13.9. The van der Waals surface area contributed by atoms with E-state index < -0.39 is 15.8 Å². The maximum atomic E-state index is 14.3. The van der Waals surface area contributed by atoms with Crippen molar-refractivity contribution < 1.29 is 17.9 Å². The van der Waals surface area contributed by atoms with E-state index >= 15 is 0 Å². The van der Waals surface area contributed by atoms with Gasteiger partial charge in [0.1, 0.15) is 17.2 Å². The molecule has 0 aliphatic heterocycles. The summed E-state index contributed by atoms with van der Waals surface area (Å²) in [5, 5.41) is 11.1. The third kappa shape index (κ3) is 2.78. The summed E-state index contributed by atoms with van der Waals surface area (Å²) in [5.74, 6) is -0.761. The van der Waals surface area contributed by atoms with Crippen molar-refractivity contribution >= 4 is 26.6 Å². The smallest absolute Gasteiger partial charge is 0.250 e. The summed E-state index contributed by atoms with van der Waals surface area (Å²) in [5.41, 5.74) is 0.699. The first-order chi connectivity index (χ1) is 11.3. The second-order valence-electron chi connectivity index (χ2n) is 5.43. The van der Waals surface area contributed by atoms with Gasteiger partial charge in [-0.15, -0.1) is 0 Å². The Bertz CT molecular complexity index is 1030. The van der Waals surface area contributed by atoms with Crippen LogP contribution in [0.2, 0.25) is 0 Å². The lowest BCUT2D eigenvalue weighted by Crippen LogP contribution is -2.13. The third-order valence-electron chi connectivity index (χ3n) is 3.69. The van der Waals surface area contributed by atoms with Crippen molar-refractivity contribution in [2.45, 2.75) is 0 Å². The molecule has 0 fully saturated rings. The fourth-order valence-corrected chi connectivity index (χ4v) is 3.20. The zero-order chi connectivity index (χ0) is 17.5. The predicted molar refractivity (Wildman–Crippen MR) is 91.5 cm³/mol. The van der Waals surface area contributed by atoms with E-state index in [9.17, 15) is 17.9 Å². The van der Waals surface area contributed by atoms with E-state index in [0.29, 0.717) is 10.9 Å². The number of aromatic hydroxyl groups is 1. The molecule has 7 heteroatoms. The normalized spacial score (nSPS) is 12.7. The number of benzene rings is 2. The molecule has 0 spiro atoms. The molecule has 1 aromatic heterocycles. The van der Waals surface area contributed by atoms with Gasteiger partial charge in [0.2, 0.25) is 0 Å². The molecule has 0 aliphatic rings. The molecule has 3 rings (SSSR count). The van der Waals surface area contributed by atoms with Crippen LogP contribution in [0.5, 0.6) is 5.75 Å². The molecule has 0 bridgehead atoms. The molecule has 0 atom stereocenters. The number of aryl methyl sites for hydroxylation is 1. The topological polar surface area (TPSA) is 71.7 Å². The van der Waals surface area contributed by atoms with Crippen LogP contribution in [0, 0.1) is 5.82 Å². The minimum atomic E-state index is -3.81. The molecule has 24 heavy (non-hydrogen) atoms. The number of hydrogen-bond acceptors (Lipinski definition) is 3. The van der Waals surface area contributed by atoms with Crippen LogP contribution < -0.4 is 0 Å². The number of halogens is 1. The summed E-state index contributed by atoms with van der Waals surface area (Å²) in [7, 11) is -2.15. The highest BCUT2D eigenvalue weighted by Gasteiger charge is 2.23. The van der Waals surface area contributed by atoms with E-state index in [1.165, 1.54) is 18.2 Å². The highest BCUT2D eigenvalue weighted by atomic mass is 32.2. The van der Waals surface area contributed by atoms with Crippen LogP contribution in [-0.4, -0.2) is 30.1 Å². The first-order valence-corrected chi connectivity index (χ1v) is 8.96. The Kier molecular flexibility index (Phi) is 3.88. The second-order valence-corrected chi connectivity index (χ2v) is 7.07. The average Bonchev–Trinajstić information content (AvgIpc) is 2.77. The molecule has 0 unspecified atom stereocenters. The molecular weight excluding hydrogens is 331 g/mol. The molecule has 124 valence electrons. The van der Waals surface area contributed by atoms with Gasteiger partial charge in [-0.05, 0) is 24.3 Å². The molecule has 1 heterocycles. The largest absolute Gasteiger partial charge is 0.505 e. The van der Waals surface area contributed by atoms with Gasteiger partial charge in [-0.2, -0.15) is 4.40 Å². The fraction of sp³-hybridized carbons (Fsp3) is 0.118. The maximum Gasteiger partial charge on any atom is 0.250 e. The number of aromatic nitrogens is 1. The first-order valence-electron chi connectivity index (χ1n) is 7.11. The maximum absolute atomic E-state index is 14.3. The van der Waals surface area contributed by atoms with E-state index in [0.717, 1.165) is 6.26 Å². The van der Waals surface area contributed by atoms with E-state index in [2.05, 4.69) is 4.40 Å². The van der Waals surface area contributed by atoms with Crippen molar-refractivity contribution in [2.24, 2.45) is 11.4 Å². The average molecular weight is 346 g/mol. The molecule has 1 N–H and O–H groups in total. The van der Waals surface area contributed by atoms with Crippen LogP contribution in [0.3, 0.4) is 0 Å². The Labute approximate surface area is 138 Å². The molecule has 0 amide bonds. The van der Waals surface area contributed by atoms with Crippen LogP contribution in [0.4, 0.5) is 4.39 Å². The zero-order valence-electron chi connectivity index (χ0n) is 13.1. The number of rotatable bonds is 3. The quantitative estimate of drug-likeness (QED) is 0.741. The summed E-state index contributed by atoms with van der Waals surface area (Å²) >= 11 is 0. The Morgan fingerprint density at radius 3 is 2.38 bits per heavy atom. The lowest BCUT2D eigenvalue weighted by atomic mass is 10.1. The Hall–Kier alpha value is -2.67. The molecule has 0 saturated heterocycles. The summed E-state index contributed by atoms with van der Waals surface area (Å²) < 4.78 is 43.0. The van der Waals surface area contributed by atoms with Crippen molar-refractivity contribution in [3.8, 4) is 5.75 Å². The Morgan fingerprint density at radius 2 is 1.75 bits per heavy atom. The Balaban J connectivity index is 2.41. The second kappa shape index (κ2) is 5.76. The monoisotopic (exact) mass is 346 g/mol. The standard InChI is InChI=1S/C17H15FN2O3S/c1-20-14-10-6-4-8-12(14)17(21)16(20)15(19-24(2,22)23)11-7-3-5-9-13(11)18/h3-10,21H,1-2H3/b19-15+. The van der Waals surface area contributed by atoms with Crippen molar-refractivity contribution in [3.05, 3.63) is 65.6 Å². The SMILES string of the molecule is Cn1c(/C(=N/S(C)(=O)=O)c2ccccc2F)c(O)c2ccccc21. The Morgan fingerprint density at radius 1 is 1.12 bits per heavy atom. The minimum absolute atomic E-state index is 0.00383. The van der Waals surface area contributed by atoms with Crippen molar-refractivity contribution in [2.75, 3.05) is 6.26 Å². The summed E-state index contributed by atoms with van der Waals surface area (Å²) in [4.78, 5) is 0. The first kappa shape index (κ1) is 16.2.